The molecule has 0 unspecified atom stereocenters. The van der Waals surface area contributed by atoms with E-state index >= 15 is 0 Å². The van der Waals surface area contributed by atoms with Gasteiger partial charge in [0, 0.05) is 30.9 Å². The van der Waals surface area contributed by atoms with Crippen LogP contribution in [0.25, 0.3) is 0 Å². The Balaban J connectivity index is 1.72. The zero-order valence-corrected chi connectivity index (χ0v) is 14.5. The first-order valence-corrected chi connectivity index (χ1v) is 8.82. The van der Waals surface area contributed by atoms with Gasteiger partial charge < -0.3 is 15.0 Å². The molecule has 124 valence electrons. The summed E-state index contributed by atoms with van der Waals surface area (Å²) in [5.41, 5.74) is 1.15. The molecule has 0 heterocycles. The molecule has 1 N–H and O–H groups in total. The van der Waals surface area contributed by atoms with Gasteiger partial charge in [-0.3, -0.25) is 0 Å². The van der Waals surface area contributed by atoms with Crippen LogP contribution in [0.3, 0.4) is 0 Å². The zero-order valence-electron chi connectivity index (χ0n) is 14.5. The lowest BCUT2D eigenvalue weighted by atomic mass is 9.94. The maximum absolute atomic E-state index is 5.78. The Bertz CT molecular complexity index is 427. The van der Waals surface area contributed by atoms with E-state index in [0.717, 1.165) is 37.2 Å². The second-order valence-electron chi connectivity index (χ2n) is 6.93. The van der Waals surface area contributed by atoms with Crippen LogP contribution in [0.4, 0.5) is 5.69 Å². The summed E-state index contributed by atoms with van der Waals surface area (Å²) in [5.74, 6) is 1.51. The Kier molecular flexibility index (Phi) is 7.04. The van der Waals surface area contributed by atoms with E-state index < -0.39 is 0 Å². The number of nitrogens with zero attached hydrogens (tertiary/aromatic N) is 1. The van der Waals surface area contributed by atoms with E-state index in [1.807, 2.05) is 6.07 Å². The number of rotatable bonds is 8. The molecule has 2 rings (SSSR count). The normalized spacial score (nSPS) is 16.2. The monoisotopic (exact) mass is 304 g/mol. The van der Waals surface area contributed by atoms with Crippen molar-refractivity contribution in [3.05, 3.63) is 24.3 Å². The molecule has 0 radical (unpaired) electrons. The van der Waals surface area contributed by atoms with Gasteiger partial charge in [0.1, 0.15) is 5.75 Å². The fourth-order valence-electron chi connectivity index (χ4n) is 3.04. The molecule has 1 saturated carbocycles. The molecule has 1 fully saturated rings. The quantitative estimate of drug-likeness (QED) is 0.770. The molecule has 0 aromatic heterocycles. The largest absolute Gasteiger partial charge is 0.493 e. The molecule has 0 aliphatic heterocycles. The summed E-state index contributed by atoms with van der Waals surface area (Å²) in [6, 6.07) is 9.09. The van der Waals surface area contributed by atoms with Crippen molar-refractivity contribution < 1.29 is 4.74 Å². The molecule has 0 atom stereocenters. The molecule has 0 saturated heterocycles. The molecule has 0 bridgehead atoms. The van der Waals surface area contributed by atoms with Crippen LogP contribution < -0.4 is 10.1 Å². The Labute approximate surface area is 136 Å². The number of benzene rings is 1. The molecular weight excluding hydrogens is 272 g/mol. The highest BCUT2D eigenvalue weighted by Gasteiger charge is 2.17. The van der Waals surface area contributed by atoms with Gasteiger partial charge in [0.05, 0.1) is 6.61 Å². The molecule has 0 spiro atoms. The maximum Gasteiger partial charge on any atom is 0.121 e. The van der Waals surface area contributed by atoms with Crippen molar-refractivity contribution in [1.29, 1.82) is 0 Å². The minimum Gasteiger partial charge on any atom is -0.493 e. The van der Waals surface area contributed by atoms with Crippen molar-refractivity contribution in [2.24, 2.45) is 5.92 Å². The van der Waals surface area contributed by atoms with Crippen molar-refractivity contribution in [3.8, 4) is 5.75 Å². The topological polar surface area (TPSA) is 24.5 Å². The van der Waals surface area contributed by atoms with Crippen molar-refractivity contribution in [1.82, 2.24) is 4.90 Å². The van der Waals surface area contributed by atoms with Crippen molar-refractivity contribution in [2.45, 2.75) is 52.0 Å². The highest BCUT2D eigenvalue weighted by Crippen LogP contribution is 2.21. The first kappa shape index (κ1) is 17.1. The van der Waals surface area contributed by atoms with E-state index in [-0.39, 0.29) is 0 Å². The van der Waals surface area contributed by atoms with E-state index in [0.29, 0.717) is 5.92 Å². The average molecular weight is 304 g/mol. The van der Waals surface area contributed by atoms with Gasteiger partial charge in [0.25, 0.3) is 0 Å². The van der Waals surface area contributed by atoms with Crippen molar-refractivity contribution in [2.75, 3.05) is 32.1 Å². The molecule has 1 aromatic carbocycles. The van der Waals surface area contributed by atoms with Crippen LogP contribution in [0, 0.1) is 5.92 Å². The first-order chi connectivity index (χ1) is 10.6. The van der Waals surface area contributed by atoms with Gasteiger partial charge >= 0.3 is 0 Å². The summed E-state index contributed by atoms with van der Waals surface area (Å²) in [5, 5.41) is 3.52. The first-order valence-electron chi connectivity index (χ1n) is 8.82. The fraction of sp³-hybridized carbons (Fsp3) is 0.684. The van der Waals surface area contributed by atoms with E-state index in [4.69, 9.17) is 4.74 Å². The summed E-state index contributed by atoms with van der Waals surface area (Å²) < 4.78 is 5.78. The van der Waals surface area contributed by atoms with E-state index in [1.54, 1.807) is 0 Å². The summed E-state index contributed by atoms with van der Waals surface area (Å²) >= 11 is 0. The van der Waals surface area contributed by atoms with E-state index in [2.05, 4.69) is 49.3 Å². The molecule has 1 aliphatic carbocycles. The summed E-state index contributed by atoms with van der Waals surface area (Å²) in [6.07, 6.45) is 6.96. The zero-order chi connectivity index (χ0) is 15.8. The van der Waals surface area contributed by atoms with Crippen LogP contribution in [0.1, 0.15) is 46.0 Å². The van der Waals surface area contributed by atoms with Gasteiger partial charge in [-0.1, -0.05) is 39.2 Å². The highest BCUT2D eigenvalue weighted by molar-refractivity contribution is 5.48. The van der Waals surface area contributed by atoms with Crippen LogP contribution >= 0.6 is 0 Å². The number of ether oxygens (including phenoxy) is 1. The summed E-state index contributed by atoms with van der Waals surface area (Å²) in [6.45, 7) is 7.20. The Hall–Kier alpha value is -1.22. The predicted octanol–water partition coefficient (Wildman–Crippen LogP) is 4.40. The minimum atomic E-state index is 0.556. The van der Waals surface area contributed by atoms with Crippen LogP contribution in [0.5, 0.6) is 5.75 Å². The third-order valence-corrected chi connectivity index (χ3v) is 4.41. The van der Waals surface area contributed by atoms with Crippen LogP contribution in [-0.4, -0.2) is 37.7 Å². The highest BCUT2D eigenvalue weighted by atomic mass is 16.5. The summed E-state index contributed by atoms with van der Waals surface area (Å²) in [4.78, 5) is 2.52. The lowest BCUT2D eigenvalue weighted by molar-refractivity contribution is 0.198. The van der Waals surface area contributed by atoms with Crippen LogP contribution in [0.2, 0.25) is 0 Å². The predicted molar refractivity (Wildman–Crippen MR) is 94.8 cm³/mol. The molecule has 1 aromatic rings. The maximum atomic E-state index is 5.78. The van der Waals surface area contributed by atoms with Crippen LogP contribution in [0.15, 0.2) is 24.3 Å². The standard InChI is InChI=1S/C19H32N2O/c1-16(2)15-22-19-11-7-8-17(14-19)20-12-13-21(3)18-9-5-4-6-10-18/h7-8,11,14,16,18,20H,4-6,9-10,12-13,15H2,1-3H3. The summed E-state index contributed by atoms with van der Waals surface area (Å²) in [7, 11) is 2.26. The van der Waals surface area contributed by atoms with Gasteiger partial charge in [-0.15, -0.1) is 0 Å². The minimum absolute atomic E-state index is 0.556. The van der Waals surface area contributed by atoms with Crippen LogP contribution in [-0.2, 0) is 0 Å². The van der Waals surface area contributed by atoms with Gasteiger partial charge in [-0.25, -0.2) is 0 Å². The van der Waals surface area contributed by atoms with Gasteiger partial charge in [-0.05, 0) is 37.9 Å². The van der Waals surface area contributed by atoms with Gasteiger partial charge in [-0.2, -0.15) is 0 Å². The Morgan fingerprint density at radius 1 is 1.23 bits per heavy atom. The molecule has 0 amide bonds. The average Bonchev–Trinajstić information content (AvgIpc) is 2.54. The molecule has 1 aliphatic rings. The number of anilines is 1. The van der Waals surface area contributed by atoms with Crippen molar-refractivity contribution >= 4 is 5.69 Å². The van der Waals surface area contributed by atoms with Crippen molar-refractivity contribution in [3.63, 3.8) is 0 Å². The smallest absolute Gasteiger partial charge is 0.121 e. The lowest BCUT2D eigenvalue weighted by Gasteiger charge is -2.31. The third-order valence-electron chi connectivity index (χ3n) is 4.41. The van der Waals surface area contributed by atoms with E-state index in [1.165, 1.54) is 32.1 Å². The number of hydrogen-bond acceptors (Lipinski definition) is 3. The SMILES string of the molecule is CC(C)COc1cccc(NCCN(C)C2CCCCC2)c1. The number of likely N-dealkylation sites (N-methyl/N-ethyl adjacent to an activating group) is 1. The van der Waals surface area contributed by atoms with Gasteiger partial charge in [0.15, 0.2) is 0 Å². The number of nitrogens with one attached hydrogen (secondary N) is 1. The van der Waals surface area contributed by atoms with E-state index in [9.17, 15) is 0 Å². The second kappa shape index (κ2) is 9.04. The Morgan fingerprint density at radius 3 is 2.73 bits per heavy atom. The Morgan fingerprint density at radius 2 is 2.00 bits per heavy atom. The molecular formula is C19H32N2O. The van der Waals surface area contributed by atoms with Gasteiger partial charge in [0.2, 0.25) is 0 Å². The fourth-order valence-corrected chi connectivity index (χ4v) is 3.04. The number of hydrogen-bond donors (Lipinski definition) is 1. The molecule has 22 heavy (non-hydrogen) atoms. The molecule has 3 nitrogen and oxygen atoms in total. The molecule has 3 heteroatoms. The third kappa shape index (κ3) is 5.88. The lowest BCUT2D eigenvalue weighted by Crippen LogP contribution is -2.36. The second-order valence-corrected chi connectivity index (χ2v) is 6.93.